The first-order valence-corrected chi connectivity index (χ1v) is 6.98. The van der Waals surface area contributed by atoms with Crippen molar-refractivity contribution in [1.82, 2.24) is 4.57 Å². The second-order valence-electron chi connectivity index (χ2n) is 5.30. The van der Waals surface area contributed by atoms with Gasteiger partial charge in [0.25, 0.3) is 5.56 Å². The fraction of sp³-hybridized carbons (Fsp3) is 0.353. The highest BCUT2D eigenvalue weighted by molar-refractivity contribution is 5.36. The van der Waals surface area contributed by atoms with Crippen LogP contribution in [0.3, 0.4) is 0 Å². The summed E-state index contributed by atoms with van der Waals surface area (Å²) in [7, 11) is 0. The highest BCUT2D eigenvalue weighted by Crippen LogP contribution is 2.20. The zero-order chi connectivity index (χ0) is 14.9. The molecule has 20 heavy (non-hydrogen) atoms. The van der Waals surface area contributed by atoms with Gasteiger partial charge in [-0.25, -0.2) is 0 Å². The largest absolute Gasteiger partial charge is 0.320 e. The molecule has 2 aromatic rings. The van der Waals surface area contributed by atoms with E-state index in [0.717, 1.165) is 11.3 Å². The van der Waals surface area contributed by atoms with E-state index in [2.05, 4.69) is 26.0 Å². The van der Waals surface area contributed by atoms with Gasteiger partial charge in [0.15, 0.2) is 0 Å². The Balaban J connectivity index is 2.51. The highest BCUT2D eigenvalue weighted by Gasteiger charge is 2.15. The van der Waals surface area contributed by atoms with Crippen molar-refractivity contribution >= 4 is 0 Å². The molecule has 1 heterocycles. The van der Waals surface area contributed by atoms with Crippen LogP contribution in [-0.2, 0) is 6.54 Å². The Morgan fingerprint density at radius 3 is 2.40 bits per heavy atom. The maximum absolute atomic E-state index is 12.5. The van der Waals surface area contributed by atoms with Gasteiger partial charge in [0, 0.05) is 17.8 Å². The topological polar surface area (TPSA) is 48.0 Å². The first-order chi connectivity index (χ1) is 9.45. The van der Waals surface area contributed by atoms with Crippen LogP contribution in [0.15, 0.2) is 35.1 Å². The molecular weight excluding hydrogens is 248 g/mol. The molecule has 0 fully saturated rings. The van der Waals surface area contributed by atoms with Crippen LogP contribution in [-0.4, -0.2) is 4.57 Å². The number of aromatic nitrogens is 1. The van der Waals surface area contributed by atoms with Crippen LogP contribution in [0.2, 0.25) is 0 Å². The molecule has 0 aliphatic carbocycles. The number of hydrogen-bond donors (Lipinski definition) is 1. The van der Waals surface area contributed by atoms with Crippen molar-refractivity contribution in [1.29, 1.82) is 0 Å². The van der Waals surface area contributed by atoms with Crippen LogP contribution in [0.5, 0.6) is 0 Å². The molecule has 3 nitrogen and oxygen atoms in total. The third-order valence-electron chi connectivity index (χ3n) is 3.96. The molecular formula is C17H22N2O. The second-order valence-corrected chi connectivity index (χ2v) is 5.30. The van der Waals surface area contributed by atoms with Crippen molar-refractivity contribution in [3.63, 3.8) is 0 Å². The number of rotatable bonds is 3. The number of hydrogen-bond acceptors (Lipinski definition) is 2. The fourth-order valence-corrected chi connectivity index (χ4v) is 2.45. The summed E-state index contributed by atoms with van der Waals surface area (Å²) in [6, 6.07) is 9.56. The SMILES string of the molecule is CCn1c(C)ccc(C(N)c2ccc(C)c(C)c2)c1=O. The van der Waals surface area contributed by atoms with E-state index in [1.54, 1.807) is 4.57 Å². The molecule has 0 saturated carbocycles. The predicted octanol–water partition coefficient (Wildman–Crippen LogP) is 2.84. The molecule has 1 aromatic heterocycles. The van der Waals surface area contributed by atoms with E-state index in [-0.39, 0.29) is 11.6 Å². The van der Waals surface area contributed by atoms with E-state index in [0.29, 0.717) is 12.1 Å². The minimum Gasteiger partial charge on any atom is -0.320 e. The molecule has 0 saturated heterocycles. The van der Waals surface area contributed by atoms with E-state index < -0.39 is 0 Å². The smallest absolute Gasteiger partial charge is 0.255 e. The minimum absolute atomic E-state index is 0.0122. The molecule has 1 atom stereocenters. The summed E-state index contributed by atoms with van der Waals surface area (Å²) in [5, 5.41) is 0. The molecule has 1 aromatic carbocycles. The van der Waals surface area contributed by atoms with Crippen LogP contribution in [0.4, 0.5) is 0 Å². The van der Waals surface area contributed by atoms with Gasteiger partial charge in [0.1, 0.15) is 0 Å². The summed E-state index contributed by atoms with van der Waals surface area (Å²) in [4.78, 5) is 12.5. The molecule has 2 N–H and O–H groups in total. The second kappa shape index (κ2) is 5.63. The van der Waals surface area contributed by atoms with Gasteiger partial charge in [0.05, 0.1) is 6.04 Å². The first-order valence-electron chi connectivity index (χ1n) is 6.98. The zero-order valence-electron chi connectivity index (χ0n) is 12.6. The van der Waals surface area contributed by atoms with Crippen molar-refractivity contribution in [3.8, 4) is 0 Å². The van der Waals surface area contributed by atoms with E-state index >= 15 is 0 Å². The lowest BCUT2D eigenvalue weighted by Crippen LogP contribution is -2.29. The van der Waals surface area contributed by atoms with Gasteiger partial charge in [-0.3, -0.25) is 4.79 Å². The Morgan fingerprint density at radius 2 is 1.80 bits per heavy atom. The van der Waals surface area contributed by atoms with Crippen LogP contribution in [0.1, 0.15) is 40.9 Å². The lowest BCUT2D eigenvalue weighted by atomic mass is 9.97. The number of aryl methyl sites for hydroxylation is 3. The Bertz CT molecular complexity index is 686. The van der Waals surface area contributed by atoms with Gasteiger partial charge in [-0.15, -0.1) is 0 Å². The summed E-state index contributed by atoms with van der Waals surface area (Å²) in [5.74, 6) is 0. The first kappa shape index (κ1) is 14.5. The fourth-order valence-electron chi connectivity index (χ4n) is 2.45. The van der Waals surface area contributed by atoms with Crippen molar-refractivity contribution in [2.45, 2.75) is 40.3 Å². The lowest BCUT2D eigenvalue weighted by molar-refractivity contribution is 0.678. The molecule has 0 aliphatic heterocycles. The minimum atomic E-state index is -0.375. The average molecular weight is 270 g/mol. The molecule has 106 valence electrons. The van der Waals surface area contributed by atoms with Gasteiger partial charge in [-0.1, -0.05) is 18.2 Å². The summed E-state index contributed by atoms with van der Waals surface area (Å²) in [5.41, 5.74) is 11.3. The average Bonchev–Trinajstić information content (AvgIpc) is 2.42. The van der Waals surface area contributed by atoms with Crippen molar-refractivity contribution in [2.75, 3.05) is 0 Å². The number of pyridine rings is 1. The van der Waals surface area contributed by atoms with Gasteiger partial charge in [-0.2, -0.15) is 0 Å². The monoisotopic (exact) mass is 270 g/mol. The van der Waals surface area contributed by atoms with Gasteiger partial charge >= 0.3 is 0 Å². The maximum Gasteiger partial charge on any atom is 0.255 e. The van der Waals surface area contributed by atoms with Crippen LogP contribution >= 0.6 is 0 Å². The zero-order valence-corrected chi connectivity index (χ0v) is 12.6. The Hall–Kier alpha value is -1.87. The van der Waals surface area contributed by atoms with E-state index in [1.807, 2.05) is 32.0 Å². The molecule has 1 unspecified atom stereocenters. The van der Waals surface area contributed by atoms with E-state index in [4.69, 9.17) is 5.73 Å². The Morgan fingerprint density at radius 1 is 1.10 bits per heavy atom. The third-order valence-corrected chi connectivity index (χ3v) is 3.96. The highest BCUT2D eigenvalue weighted by atomic mass is 16.1. The summed E-state index contributed by atoms with van der Waals surface area (Å²) >= 11 is 0. The summed E-state index contributed by atoms with van der Waals surface area (Å²) < 4.78 is 1.76. The molecule has 0 aliphatic rings. The van der Waals surface area contributed by atoms with Crippen molar-refractivity contribution < 1.29 is 0 Å². The molecule has 0 spiro atoms. The molecule has 0 radical (unpaired) electrons. The quantitative estimate of drug-likeness (QED) is 0.932. The predicted molar refractivity (Wildman–Crippen MR) is 83.1 cm³/mol. The normalized spacial score (nSPS) is 12.4. The molecule has 0 amide bonds. The van der Waals surface area contributed by atoms with Crippen molar-refractivity contribution in [3.05, 3.63) is 68.6 Å². The molecule has 3 heteroatoms. The van der Waals surface area contributed by atoms with Crippen molar-refractivity contribution in [2.24, 2.45) is 5.73 Å². The third kappa shape index (κ3) is 2.54. The van der Waals surface area contributed by atoms with E-state index in [9.17, 15) is 4.79 Å². The maximum atomic E-state index is 12.5. The Labute approximate surface area is 120 Å². The molecule has 0 bridgehead atoms. The van der Waals surface area contributed by atoms with Gasteiger partial charge in [-0.05, 0) is 56.5 Å². The number of nitrogens with zero attached hydrogens (tertiary/aromatic N) is 1. The van der Waals surface area contributed by atoms with Crippen LogP contribution in [0.25, 0.3) is 0 Å². The van der Waals surface area contributed by atoms with Crippen LogP contribution in [0, 0.1) is 20.8 Å². The lowest BCUT2D eigenvalue weighted by Gasteiger charge is -2.16. The standard InChI is InChI=1S/C17H22N2O/c1-5-19-13(4)7-9-15(17(19)20)16(18)14-8-6-11(2)12(3)10-14/h6-10,16H,5,18H2,1-4H3. The Kier molecular flexibility index (Phi) is 4.09. The summed E-state index contributed by atoms with van der Waals surface area (Å²) in [6.45, 7) is 8.71. The van der Waals surface area contributed by atoms with E-state index in [1.165, 1.54) is 11.1 Å². The summed E-state index contributed by atoms with van der Waals surface area (Å²) in [6.07, 6.45) is 0. The van der Waals surface area contributed by atoms with Gasteiger partial charge in [0.2, 0.25) is 0 Å². The van der Waals surface area contributed by atoms with Crippen LogP contribution < -0.4 is 11.3 Å². The number of benzene rings is 1. The molecule has 2 rings (SSSR count). The van der Waals surface area contributed by atoms with Gasteiger partial charge < -0.3 is 10.3 Å². The number of nitrogens with two attached hydrogens (primary N) is 1.